The normalized spacial score (nSPS) is 17.0. The van der Waals surface area contributed by atoms with Gasteiger partial charge in [-0.2, -0.15) is 0 Å². The van der Waals surface area contributed by atoms with E-state index in [0.29, 0.717) is 12.6 Å². The summed E-state index contributed by atoms with van der Waals surface area (Å²) >= 11 is 0. The van der Waals surface area contributed by atoms with Crippen molar-refractivity contribution in [2.75, 3.05) is 11.9 Å². The fourth-order valence-electron chi connectivity index (χ4n) is 2.98. The molecule has 116 valence electrons. The highest BCUT2D eigenvalue weighted by Gasteiger charge is 2.12. The fourth-order valence-corrected chi connectivity index (χ4v) is 2.98. The number of rotatable bonds is 4. The molecule has 1 amide bonds. The van der Waals surface area contributed by atoms with Gasteiger partial charge in [0.25, 0.3) is 0 Å². The van der Waals surface area contributed by atoms with Gasteiger partial charge in [0.15, 0.2) is 0 Å². The van der Waals surface area contributed by atoms with Crippen molar-refractivity contribution in [2.45, 2.75) is 64.8 Å². The maximum absolute atomic E-state index is 12.1. The van der Waals surface area contributed by atoms with Gasteiger partial charge >= 0.3 is 0 Å². The maximum atomic E-state index is 12.1. The third kappa shape index (κ3) is 5.16. The molecule has 21 heavy (non-hydrogen) atoms. The molecule has 2 rings (SSSR count). The third-order valence-corrected chi connectivity index (χ3v) is 4.54. The van der Waals surface area contributed by atoms with E-state index in [1.54, 1.807) is 0 Å². The molecule has 3 heteroatoms. The Hall–Kier alpha value is -1.35. The second-order valence-corrected chi connectivity index (χ2v) is 6.22. The molecule has 0 aliphatic heterocycles. The molecule has 3 nitrogen and oxygen atoms in total. The molecule has 0 aromatic heterocycles. The second-order valence-electron chi connectivity index (χ2n) is 6.22. The molecule has 1 aliphatic rings. The van der Waals surface area contributed by atoms with Crippen LogP contribution in [0.1, 0.15) is 56.1 Å². The molecular weight excluding hydrogens is 260 g/mol. The Morgan fingerprint density at radius 1 is 1.10 bits per heavy atom. The van der Waals surface area contributed by atoms with Crippen LogP contribution >= 0.6 is 0 Å². The molecule has 0 bridgehead atoms. The van der Waals surface area contributed by atoms with Crippen LogP contribution in [0.4, 0.5) is 5.69 Å². The van der Waals surface area contributed by atoms with Crippen LogP contribution < -0.4 is 10.6 Å². The summed E-state index contributed by atoms with van der Waals surface area (Å²) in [5.74, 6) is 0.0609. The molecule has 0 spiro atoms. The Morgan fingerprint density at radius 3 is 2.48 bits per heavy atom. The van der Waals surface area contributed by atoms with Gasteiger partial charge in [-0.05, 0) is 43.9 Å². The van der Waals surface area contributed by atoms with Gasteiger partial charge in [0, 0.05) is 11.7 Å². The van der Waals surface area contributed by atoms with Crippen molar-refractivity contribution in [3.8, 4) is 0 Å². The van der Waals surface area contributed by atoms with Gasteiger partial charge in [-0.15, -0.1) is 0 Å². The van der Waals surface area contributed by atoms with E-state index in [4.69, 9.17) is 0 Å². The largest absolute Gasteiger partial charge is 0.325 e. The summed E-state index contributed by atoms with van der Waals surface area (Å²) in [5, 5.41) is 6.45. The number of carbonyl (C=O) groups is 1. The highest BCUT2D eigenvalue weighted by Crippen LogP contribution is 2.18. The number of nitrogens with one attached hydrogen (secondary N) is 2. The first kappa shape index (κ1) is 16.0. The van der Waals surface area contributed by atoms with E-state index in [0.717, 1.165) is 11.3 Å². The number of aryl methyl sites for hydroxylation is 1. The predicted molar refractivity (Wildman–Crippen MR) is 88.7 cm³/mol. The van der Waals surface area contributed by atoms with Crippen molar-refractivity contribution in [1.29, 1.82) is 0 Å². The minimum atomic E-state index is 0.0609. The molecule has 1 aliphatic carbocycles. The molecule has 1 aromatic carbocycles. The van der Waals surface area contributed by atoms with Gasteiger partial charge in [-0.3, -0.25) is 4.79 Å². The lowest BCUT2D eigenvalue weighted by molar-refractivity contribution is -0.115. The Morgan fingerprint density at radius 2 is 1.76 bits per heavy atom. The lowest BCUT2D eigenvalue weighted by Crippen LogP contribution is -2.36. The zero-order chi connectivity index (χ0) is 15.1. The predicted octanol–water partition coefficient (Wildman–Crippen LogP) is 3.94. The highest BCUT2D eigenvalue weighted by molar-refractivity contribution is 5.93. The Kier molecular flexibility index (Phi) is 6.24. The summed E-state index contributed by atoms with van der Waals surface area (Å²) in [6.45, 7) is 4.53. The van der Waals surface area contributed by atoms with Crippen LogP contribution in [0.2, 0.25) is 0 Å². The van der Waals surface area contributed by atoms with E-state index in [-0.39, 0.29) is 5.91 Å². The minimum absolute atomic E-state index is 0.0609. The summed E-state index contributed by atoms with van der Waals surface area (Å²) in [6, 6.07) is 6.53. The molecule has 0 saturated heterocycles. The average molecular weight is 288 g/mol. The Balaban J connectivity index is 1.80. The van der Waals surface area contributed by atoms with Crippen LogP contribution in [0, 0.1) is 13.8 Å². The zero-order valence-electron chi connectivity index (χ0n) is 13.4. The molecule has 1 saturated carbocycles. The first-order valence-electron chi connectivity index (χ1n) is 8.26. The van der Waals surface area contributed by atoms with E-state index in [2.05, 4.69) is 23.6 Å². The third-order valence-electron chi connectivity index (χ3n) is 4.54. The fraction of sp³-hybridized carbons (Fsp3) is 0.611. The maximum Gasteiger partial charge on any atom is 0.238 e. The minimum Gasteiger partial charge on any atom is -0.325 e. The van der Waals surface area contributed by atoms with E-state index >= 15 is 0 Å². The summed E-state index contributed by atoms with van der Waals surface area (Å²) < 4.78 is 0. The molecule has 0 unspecified atom stereocenters. The lowest BCUT2D eigenvalue weighted by Gasteiger charge is -2.21. The van der Waals surface area contributed by atoms with Gasteiger partial charge < -0.3 is 10.6 Å². The smallest absolute Gasteiger partial charge is 0.238 e. The van der Waals surface area contributed by atoms with Gasteiger partial charge in [0.1, 0.15) is 0 Å². The Labute approximate surface area is 128 Å². The molecule has 0 heterocycles. The number of carbonyl (C=O) groups excluding carboxylic acids is 1. The average Bonchev–Trinajstić information content (AvgIpc) is 2.43. The molecule has 1 aromatic rings. The summed E-state index contributed by atoms with van der Waals surface area (Å²) in [7, 11) is 0. The van der Waals surface area contributed by atoms with Crippen molar-refractivity contribution in [1.82, 2.24) is 5.32 Å². The molecule has 0 radical (unpaired) electrons. The summed E-state index contributed by atoms with van der Waals surface area (Å²) in [6.07, 6.45) is 9.04. The SMILES string of the molecule is Cc1cccc(NC(=O)CNC2CCCCCCC2)c1C. The van der Waals surface area contributed by atoms with E-state index in [9.17, 15) is 4.79 Å². The second kappa shape index (κ2) is 8.18. The van der Waals surface area contributed by atoms with Crippen LogP contribution in [-0.2, 0) is 4.79 Å². The van der Waals surface area contributed by atoms with E-state index < -0.39 is 0 Å². The number of benzene rings is 1. The first-order valence-corrected chi connectivity index (χ1v) is 8.26. The number of anilines is 1. The zero-order valence-corrected chi connectivity index (χ0v) is 13.4. The van der Waals surface area contributed by atoms with Crippen LogP contribution in [0.25, 0.3) is 0 Å². The summed E-state index contributed by atoms with van der Waals surface area (Å²) in [4.78, 5) is 12.1. The monoisotopic (exact) mass is 288 g/mol. The molecular formula is C18H28N2O. The highest BCUT2D eigenvalue weighted by atomic mass is 16.1. The first-order chi connectivity index (χ1) is 10.2. The number of hydrogen-bond acceptors (Lipinski definition) is 2. The number of amides is 1. The van der Waals surface area contributed by atoms with Crippen molar-refractivity contribution in [3.63, 3.8) is 0 Å². The molecule has 1 fully saturated rings. The molecule has 2 N–H and O–H groups in total. The van der Waals surface area contributed by atoms with Crippen molar-refractivity contribution >= 4 is 11.6 Å². The van der Waals surface area contributed by atoms with Gasteiger partial charge in [0.2, 0.25) is 5.91 Å². The van der Waals surface area contributed by atoms with Crippen LogP contribution in [-0.4, -0.2) is 18.5 Å². The van der Waals surface area contributed by atoms with Gasteiger partial charge in [-0.1, -0.05) is 44.2 Å². The van der Waals surface area contributed by atoms with Gasteiger partial charge in [0.05, 0.1) is 6.54 Å². The van der Waals surface area contributed by atoms with Crippen molar-refractivity contribution < 1.29 is 4.79 Å². The standard InChI is InChI=1S/C18H28N2O/c1-14-9-8-12-17(15(14)2)20-18(21)13-19-16-10-6-4-3-5-7-11-16/h8-9,12,16,19H,3-7,10-11,13H2,1-2H3,(H,20,21). The van der Waals surface area contributed by atoms with E-state index in [1.807, 2.05) is 19.1 Å². The van der Waals surface area contributed by atoms with Crippen LogP contribution in [0.5, 0.6) is 0 Å². The Bertz CT molecular complexity index is 462. The van der Waals surface area contributed by atoms with Crippen molar-refractivity contribution in [3.05, 3.63) is 29.3 Å². The van der Waals surface area contributed by atoms with Crippen molar-refractivity contribution in [2.24, 2.45) is 0 Å². The van der Waals surface area contributed by atoms with E-state index in [1.165, 1.54) is 50.5 Å². The summed E-state index contributed by atoms with van der Waals surface area (Å²) in [5.41, 5.74) is 3.29. The van der Waals surface area contributed by atoms with Crippen LogP contribution in [0.15, 0.2) is 18.2 Å². The number of hydrogen-bond donors (Lipinski definition) is 2. The van der Waals surface area contributed by atoms with Crippen LogP contribution in [0.3, 0.4) is 0 Å². The quantitative estimate of drug-likeness (QED) is 0.881. The lowest BCUT2D eigenvalue weighted by atomic mass is 9.97. The van der Waals surface area contributed by atoms with Gasteiger partial charge in [-0.25, -0.2) is 0 Å². The molecule has 0 atom stereocenters. The topological polar surface area (TPSA) is 41.1 Å².